The minimum absolute atomic E-state index is 0.0117. The van der Waals surface area contributed by atoms with E-state index >= 15 is 0 Å². The van der Waals surface area contributed by atoms with Crippen molar-refractivity contribution in [2.24, 2.45) is 0 Å². The number of hydrogen-bond donors (Lipinski definition) is 2. The van der Waals surface area contributed by atoms with Crippen molar-refractivity contribution in [3.8, 4) is 0 Å². The summed E-state index contributed by atoms with van der Waals surface area (Å²) in [5, 5.41) is 9.59. The van der Waals surface area contributed by atoms with Gasteiger partial charge in [0.2, 0.25) is 0 Å². The Hall–Kier alpha value is -2.02. The Balaban J connectivity index is 2.70. The van der Waals surface area contributed by atoms with Crippen molar-refractivity contribution in [1.29, 1.82) is 0 Å². The number of aromatic nitrogens is 2. The summed E-state index contributed by atoms with van der Waals surface area (Å²) in [5.41, 5.74) is -0.816. The predicted octanol–water partition coefficient (Wildman–Crippen LogP) is 1.53. The lowest BCUT2D eigenvalue weighted by atomic mass is 10.1. The summed E-state index contributed by atoms with van der Waals surface area (Å²) < 4.78 is 1.27. The SMILES string of the molecule is CSC(C)CCn1c(=O)c(=O)[nH]c2cccc(C(=O)O)c21. The molecule has 7 heteroatoms. The molecule has 2 aromatic rings. The van der Waals surface area contributed by atoms with Crippen LogP contribution in [-0.2, 0) is 6.54 Å². The third kappa shape index (κ3) is 3.02. The molecule has 0 radical (unpaired) electrons. The van der Waals surface area contributed by atoms with Gasteiger partial charge in [0.15, 0.2) is 0 Å². The summed E-state index contributed by atoms with van der Waals surface area (Å²) in [6.07, 6.45) is 2.64. The number of nitrogens with one attached hydrogen (secondary N) is 1. The molecule has 0 bridgehead atoms. The first-order valence-corrected chi connectivity index (χ1v) is 7.76. The molecule has 1 unspecified atom stereocenters. The molecule has 0 saturated heterocycles. The highest BCUT2D eigenvalue weighted by molar-refractivity contribution is 7.99. The van der Waals surface area contributed by atoms with Gasteiger partial charge in [-0.1, -0.05) is 13.0 Å². The topological polar surface area (TPSA) is 92.2 Å². The minimum Gasteiger partial charge on any atom is -0.478 e. The van der Waals surface area contributed by atoms with Crippen molar-refractivity contribution < 1.29 is 9.90 Å². The van der Waals surface area contributed by atoms with Crippen LogP contribution < -0.4 is 11.1 Å². The van der Waals surface area contributed by atoms with Crippen molar-refractivity contribution in [3.63, 3.8) is 0 Å². The van der Waals surface area contributed by atoms with Gasteiger partial charge in [-0.2, -0.15) is 11.8 Å². The number of nitrogens with zero attached hydrogens (tertiary/aromatic N) is 1. The molecule has 1 aromatic heterocycles. The molecule has 1 aromatic carbocycles. The number of para-hydroxylation sites is 1. The third-order valence-corrected chi connectivity index (χ3v) is 4.43. The molecule has 1 atom stereocenters. The van der Waals surface area contributed by atoms with Gasteiger partial charge in [0.25, 0.3) is 0 Å². The molecular formula is C14H16N2O4S. The molecular weight excluding hydrogens is 292 g/mol. The summed E-state index contributed by atoms with van der Waals surface area (Å²) in [4.78, 5) is 37.6. The lowest BCUT2D eigenvalue weighted by molar-refractivity contribution is 0.0698. The van der Waals surface area contributed by atoms with Gasteiger partial charge in [-0.3, -0.25) is 9.59 Å². The molecule has 0 amide bonds. The number of aromatic amines is 1. The van der Waals surface area contributed by atoms with Crippen LogP contribution in [0.2, 0.25) is 0 Å². The predicted molar refractivity (Wildman–Crippen MR) is 83.4 cm³/mol. The second-order valence-electron chi connectivity index (χ2n) is 4.75. The number of thioether (sulfide) groups is 1. The first kappa shape index (κ1) is 15.4. The molecule has 0 aliphatic rings. The van der Waals surface area contributed by atoms with Crippen LogP contribution in [0.1, 0.15) is 23.7 Å². The lowest BCUT2D eigenvalue weighted by Crippen LogP contribution is -2.37. The van der Waals surface area contributed by atoms with E-state index in [0.29, 0.717) is 23.7 Å². The van der Waals surface area contributed by atoms with Gasteiger partial charge in [0.05, 0.1) is 16.6 Å². The number of benzene rings is 1. The average Bonchev–Trinajstić information content (AvgIpc) is 2.46. The molecule has 0 fully saturated rings. The Kier molecular flexibility index (Phi) is 4.52. The second kappa shape index (κ2) is 6.17. The third-order valence-electron chi connectivity index (χ3n) is 3.39. The number of aromatic carboxylic acids is 1. The Morgan fingerprint density at radius 1 is 1.43 bits per heavy atom. The van der Waals surface area contributed by atoms with Gasteiger partial charge in [0, 0.05) is 11.8 Å². The Morgan fingerprint density at radius 2 is 2.14 bits per heavy atom. The second-order valence-corrected chi connectivity index (χ2v) is 6.03. The van der Waals surface area contributed by atoms with Crippen LogP contribution >= 0.6 is 11.8 Å². The van der Waals surface area contributed by atoms with Gasteiger partial charge in [-0.25, -0.2) is 4.79 Å². The van der Waals surface area contributed by atoms with Gasteiger partial charge < -0.3 is 14.7 Å². The zero-order chi connectivity index (χ0) is 15.6. The molecule has 1 heterocycles. The molecule has 0 spiro atoms. The molecule has 2 rings (SSSR count). The van der Waals surface area contributed by atoms with Crippen molar-refractivity contribution in [1.82, 2.24) is 9.55 Å². The zero-order valence-corrected chi connectivity index (χ0v) is 12.6. The summed E-state index contributed by atoms with van der Waals surface area (Å²) in [6.45, 7) is 2.33. The van der Waals surface area contributed by atoms with E-state index in [1.807, 2.05) is 13.2 Å². The molecule has 0 aliphatic carbocycles. The fourth-order valence-electron chi connectivity index (χ4n) is 2.15. The molecule has 21 heavy (non-hydrogen) atoms. The van der Waals surface area contributed by atoms with Crippen LogP contribution in [0.25, 0.3) is 11.0 Å². The maximum atomic E-state index is 12.1. The Labute approximate surface area is 124 Å². The van der Waals surface area contributed by atoms with E-state index in [1.165, 1.54) is 10.6 Å². The van der Waals surface area contributed by atoms with Gasteiger partial charge in [0.1, 0.15) is 0 Å². The van der Waals surface area contributed by atoms with Crippen LogP contribution in [0.15, 0.2) is 27.8 Å². The van der Waals surface area contributed by atoms with Crippen LogP contribution in [0.5, 0.6) is 0 Å². The van der Waals surface area contributed by atoms with Crippen LogP contribution in [-0.4, -0.2) is 32.1 Å². The fraction of sp³-hybridized carbons (Fsp3) is 0.357. The van der Waals surface area contributed by atoms with Crippen LogP contribution in [0, 0.1) is 0 Å². The first-order chi connectivity index (χ1) is 9.95. The molecule has 0 saturated carbocycles. The number of fused-ring (bicyclic) bond motifs is 1. The van der Waals surface area contributed by atoms with Crippen molar-refractivity contribution >= 4 is 28.8 Å². The zero-order valence-electron chi connectivity index (χ0n) is 11.8. The average molecular weight is 308 g/mol. The highest BCUT2D eigenvalue weighted by atomic mass is 32.2. The van der Waals surface area contributed by atoms with Gasteiger partial charge in [-0.05, 0) is 24.8 Å². The largest absolute Gasteiger partial charge is 0.478 e. The van der Waals surface area contributed by atoms with Crippen molar-refractivity contribution in [3.05, 3.63) is 44.5 Å². The maximum absolute atomic E-state index is 12.1. The van der Waals surface area contributed by atoms with E-state index in [0.717, 1.165) is 0 Å². The number of H-pyrrole nitrogens is 1. The monoisotopic (exact) mass is 308 g/mol. The Morgan fingerprint density at radius 3 is 2.76 bits per heavy atom. The van der Waals surface area contributed by atoms with Crippen molar-refractivity contribution in [2.45, 2.75) is 25.1 Å². The van der Waals surface area contributed by atoms with E-state index in [1.54, 1.807) is 23.9 Å². The lowest BCUT2D eigenvalue weighted by Gasteiger charge is -2.13. The maximum Gasteiger partial charge on any atom is 0.337 e. The normalized spacial score (nSPS) is 12.5. The summed E-state index contributed by atoms with van der Waals surface area (Å²) in [5.74, 6) is -1.13. The highest BCUT2D eigenvalue weighted by Gasteiger charge is 2.15. The first-order valence-electron chi connectivity index (χ1n) is 6.47. The number of rotatable bonds is 5. The van der Waals surface area contributed by atoms with Crippen LogP contribution in [0.4, 0.5) is 0 Å². The summed E-state index contributed by atoms with van der Waals surface area (Å²) in [6, 6.07) is 4.56. The number of carboxylic acids is 1. The molecule has 112 valence electrons. The number of hydrogen-bond acceptors (Lipinski definition) is 4. The van der Waals surface area contributed by atoms with E-state index in [4.69, 9.17) is 0 Å². The smallest absolute Gasteiger partial charge is 0.337 e. The quantitative estimate of drug-likeness (QED) is 0.817. The van der Waals surface area contributed by atoms with Gasteiger partial charge >= 0.3 is 17.1 Å². The molecule has 6 nitrogen and oxygen atoms in total. The van der Waals surface area contributed by atoms with Crippen molar-refractivity contribution in [2.75, 3.05) is 6.26 Å². The fourth-order valence-corrected chi connectivity index (χ4v) is 2.49. The molecule has 0 aliphatic heterocycles. The van der Waals surface area contributed by atoms with Crippen LogP contribution in [0.3, 0.4) is 0 Å². The Bertz CT molecular complexity index is 794. The van der Waals surface area contributed by atoms with E-state index in [9.17, 15) is 19.5 Å². The summed E-state index contributed by atoms with van der Waals surface area (Å²) >= 11 is 1.65. The number of carboxylic acid groups (broad SMARTS) is 1. The highest BCUT2D eigenvalue weighted by Crippen LogP contribution is 2.17. The number of aryl methyl sites for hydroxylation is 1. The minimum atomic E-state index is -1.13. The standard InChI is InChI=1S/C14H16N2O4S/c1-8(21-2)6-7-16-11-9(14(19)20)4-3-5-10(11)15-12(17)13(16)18/h3-5,8H,6-7H2,1-2H3,(H,15,17)(H,19,20). The summed E-state index contributed by atoms with van der Waals surface area (Å²) in [7, 11) is 0. The molecule has 2 N–H and O–H groups in total. The van der Waals surface area contributed by atoms with E-state index < -0.39 is 17.1 Å². The van der Waals surface area contributed by atoms with E-state index in [2.05, 4.69) is 4.98 Å². The number of carbonyl (C=O) groups is 1. The van der Waals surface area contributed by atoms with E-state index in [-0.39, 0.29) is 11.1 Å². The van der Waals surface area contributed by atoms with Gasteiger partial charge in [-0.15, -0.1) is 0 Å².